The molecular formula is C11H13NO4S. The lowest BCUT2D eigenvalue weighted by Crippen LogP contribution is -2.08. The first-order valence-electron chi connectivity index (χ1n) is 4.91. The number of thioether (sulfide) groups is 1. The molecule has 17 heavy (non-hydrogen) atoms. The highest BCUT2D eigenvalue weighted by Gasteiger charge is 2.22. The lowest BCUT2D eigenvalue weighted by atomic mass is 10.2. The summed E-state index contributed by atoms with van der Waals surface area (Å²) in [7, 11) is 0. The third kappa shape index (κ3) is 3.74. The predicted octanol–water partition coefficient (Wildman–Crippen LogP) is 3.18. The van der Waals surface area contributed by atoms with E-state index in [-0.39, 0.29) is 16.0 Å². The van der Waals surface area contributed by atoms with Gasteiger partial charge >= 0.3 is 5.97 Å². The van der Waals surface area contributed by atoms with Crippen LogP contribution in [0.2, 0.25) is 0 Å². The molecule has 0 amide bonds. The third-order valence-corrected chi connectivity index (χ3v) is 2.98. The standard InChI is InChI=1S/C11H13NO4S/c1-11(2,3)17-9-6-7(10(13)14)4-5-8(9)12(15)16/h4-6H,1-3H3,(H,13,14). The Kier molecular flexibility index (Phi) is 3.77. The second-order valence-electron chi connectivity index (χ2n) is 4.46. The summed E-state index contributed by atoms with van der Waals surface area (Å²) in [5, 5.41) is 19.7. The average molecular weight is 255 g/mol. The van der Waals surface area contributed by atoms with Crippen molar-refractivity contribution in [3.05, 3.63) is 33.9 Å². The Labute approximate surface area is 103 Å². The van der Waals surface area contributed by atoms with E-state index in [9.17, 15) is 14.9 Å². The molecular weight excluding hydrogens is 242 g/mol. The number of aromatic carboxylic acids is 1. The number of carbonyl (C=O) groups is 1. The summed E-state index contributed by atoms with van der Waals surface area (Å²) in [4.78, 5) is 21.5. The fourth-order valence-electron chi connectivity index (χ4n) is 1.21. The summed E-state index contributed by atoms with van der Waals surface area (Å²) < 4.78 is -0.220. The molecule has 0 radical (unpaired) electrons. The van der Waals surface area contributed by atoms with Crippen LogP contribution in [-0.4, -0.2) is 20.7 Å². The zero-order chi connectivity index (χ0) is 13.2. The Morgan fingerprint density at radius 1 is 1.41 bits per heavy atom. The van der Waals surface area contributed by atoms with Gasteiger partial charge in [0.2, 0.25) is 0 Å². The quantitative estimate of drug-likeness (QED) is 0.509. The van der Waals surface area contributed by atoms with E-state index < -0.39 is 10.9 Å². The zero-order valence-corrected chi connectivity index (χ0v) is 10.6. The number of hydrogen-bond acceptors (Lipinski definition) is 4. The molecule has 0 spiro atoms. The molecule has 1 rings (SSSR count). The summed E-state index contributed by atoms with van der Waals surface area (Å²) in [6.07, 6.45) is 0. The van der Waals surface area contributed by atoms with E-state index in [2.05, 4.69) is 0 Å². The van der Waals surface area contributed by atoms with Gasteiger partial charge in [0.25, 0.3) is 5.69 Å². The molecule has 0 fully saturated rings. The molecule has 6 heteroatoms. The van der Waals surface area contributed by atoms with E-state index in [0.717, 1.165) is 0 Å². The molecule has 0 atom stereocenters. The van der Waals surface area contributed by atoms with Crippen LogP contribution in [0.15, 0.2) is 23.1 Å². The minimum absolute atomic E-state index is 0.0577. The van der Waals surface area contributed by atoms with Gasteiger partial charge in [-0.2, -0.15) is 0 Å². The van der Waals surface area contributed by atoms with Crippen molar-refractivity contribution in [2.24, 2.45) is 0 Å². The maximum atomic E-state index is 10.8. The van der Waals surface area contributed by atoms with Gasteiger partial charge in [-0.05, 0) is 12.1 Å². The van der Waals surface area contributed by atoms with Crippen LogP contribution >= 0.6 is 11.8 Å². The number of benzene rings is 1. The molecule has 0 heterocycles. The Morgan fingerprint density at radius 3 is 2.41 bits per heavy atom. The van der Waals surface area contributed by atoms with Gasteiger partial charge in [0.05, 0.1) is 15.4 Å². The minimum Gasteiger partial charge on any atom is -0.478 e. The molecule has 1 aromatic carbocycles. The van der Waals surface area contributed by atoms with Gasteiger partial charge in [0.15, 0.2) is 0 Å². The van der Waals surface area contributed by atoms with Gasteiger partial charge in [-0.3, -0.25) is 10.1 Å². The van der Waals surface area contributed by atoms with Crippen LogP contribution < -0.4 is 0 Å². The number of nitro benzene ring substituents is 1. The van der Waals surface area contributed by atoms with Crippen molar-refractivity contribution in [3.8, 4) is 0 Å². The smallest absolute Gasteiger partial charge is 0.335 e. The van der Waals surface area contributed by atoms with Crippen molar-refractivity contribution in [1.29, 1.82) is 0 Å². The van der Waals surface area contributed by atoms with Crippen LogP contribution in [-0.2, 0) is 0 Å². The van der Waals surface area contributed by atoms with E-state index in [0.29, 0.717) is 4.90 Å². The average Bonchev–Trinajstić information content (AvgIpc) is 2.14. The fourth-order valence-corrected chi connectivity index (χ4v) is 2.30. The van der Waals surface area contributed by atoms with Gasteiger partial charge in [0, 0.05) is 10.8 Å². The SMILES string of the molecule is CC(C)(C)Sc1cc(C(=O)O)ccc1[N+](=O)[O-]. The third-order valence-electron chi connectivity index (χ3n) is 1.82. The number of hydrogen-bond donors (Lipinski definition) is 1. The van der Waals surface area contributed by atoms with Gasteiger partial charge in [-0.25, -0.2) is 4.79 Å². The number of nitro groups is 1. The molecule has 1 N–H and O–H groups in total. The molecule has 0 bridgehead atoms. The van der Waals surface area contributed by atoms with Crippen molar-refractivity contribution in [1.82, 2.24) is 0 Å². The molecule has 0 saturated heterocycles. The highest BCUT2D eigenvalue weighted by molar-refractivity contribution is 8.00. The summed E-state index contributed by atoms with van der Waals surface area (Å²) in [6, 6.07) is 3.82. The van der Waals surface area contributed by atoms with E-state index in [1.165, 1.54) is 30.0 Å². The van der Waals surface area contributed by atoms with Crippen LogP contribution in [0.25, 0.3) is 0 Å². The van der Waals surface area contributed by atoms with Gasteiger partial charge < -0.3 is 5.11 Å². The molecule has 92 valence electrons. The van der Waals surface area contributed by atoms with E-state index in [1.807, 2.05) is 20.8 Å². The van der Waals surface area contributed by atoms with Crippen molar-refractivity contribution < 1.29 is 14.8 Å². The lowest BCUT2D eigenvalue weighted by molar-refractivity contribution is -0.387. The van der Waals surface area contributed by atoms with Crippen molar-refractivity contribution in [2.45, 2.75) is 30.4 Å². The number of carboxylic acid groups (broad SMARTS) is 1. The number of carboxylic acids is 1. The second kappa shape index (κ2) is 4.75. The topological polar surface area (TPSA) is 80.4 Å². The molecule has 0 aliphatic rings. The Balaban J connectivity index is 3.25. The molecule has 0 aromatic heterocycles. The van der Waals surface area contributed by atoms with Gasteiger partial charge in [0.1, 0.15) is 0 Å². The highest BCUT2D eigenvalue weighted by atomic mass is 32.2. The summed E-state index contributed by atoms with van der Waals surface area (Å²) >= 11 is 1.28. The number of nitrogens with zero attached hydrogens (tertiary/aromatic N) is 1. The summed E-state index contributed by atoms with van der Waals surface area (Å²) in [6.45, 7) is 5.73. The van der Waals surface area contributed by atoms with Crippen LogP contribution in [0.1, 0.15) is 31.1 Å². The zero-order valence-electron chi connectivity index (χ0n) is 9.76. The van der Waals surface area contributed by atoms with Gasteiger partial charge in [-0.1, -0.05) is 20.8 Å². The molecule has 5 nitrogen and oxygen atoms in total. The van der Waals surface area contributed by atoms with E-state index >= 15 is 0 Å². The highest BCUT2D eigenvalue weighted by Crippen LogP contribution is 2.38. The normalized spacial score (nSPS) is 11.2. The fraction of sp³-hybridized carbons (Fsp3) is 0.364. The van der Waals surface area contributed by atoms with Crippen molar-refractivity contribution >= 4 is 23.4 Å². The minimum atomic E-state index is -1.09. The van der Waals surface area contributed by atoms with Crippen LogP contribution in [0.3, 0.4) is 0 Å². The first kappa shape index (κ1) is 13.5. The molecule has 0 aliphatic heterocycles. The Bertz CT molecular complexity index is 465. The largest absolute Gasteiger partial charge is 0.478 e. The molecule has 0 unspecified atom stereocenters. The maximum Gasteiger partial charge on any atom is 0.335 e. The van der Waals surface area contributed by atoms with Crippen LogP contribution in [0.4, 0.5) is 5.69 Å². The predicted molar refractivity (Wildman–Crippen MR) is 65.7 cm³/mol. The summed E-state index contributed by atoms with van der Waals surface area (Å²) in [5.74, 6) is -1.09. The van der Waals surface area contributed by atoms with Crippen molar-refractivity contribution in [3.63, 3.8) is 0 Å². The Morgan fingerprint density at radius 2 is 2.00 bits per heavy atom. The number of rotatable bonds is 3. The molecule has 0 aliphatic carbocycles. The molecule has 1 aromatic rings. The monoisotopic (exact) mass is 255 g/mol. The molecule has 0 saturated carbocycles. The van der Waals surface area contributed by atoms with E-state index in [4.69, 9.17) is 5.11 Å². The van der Waals surface area contributed by atoms with Crippen LogP contribution in [0.5, 0.6) is 0 Å². The maximum absolute atomic E-state index is 10.8. The first-order valence-corrected chi connectivity index (χ1v) is 5.73. The van der Waals surface area contributed by atoms with E-state index in [1.54, 1.807) is 0 Å². The lowest BCUT2D eigenvalue weighted by Gasteiger charge is -2.17. The Hall–Kier alpha value is -1.56. The van der Waals surface area contributed by atoms with Gasteiger partial charge in [-0.15, -0.1) is 11.8 Å². The summed E-state index contributed by atoms with van der Waals surface area (Å²) in [5.41, 5.74) is -0.00252. The first-order chi connectivity index (χ1) is 7.70. The second-order valence-corrected chi connectivity index (χ2v) is 6.33. The van der Waals surface area contributed by atoms with Crippen LogP contribution in [0, 0.1) is 10.1 Å². The van der Waals surface area contributed by atoms with Crippen molar-refractivity contribution in [2.75, 3.05) is 0 Å².